The van der Waals surface area contributed by atoms with Crippen LogP contribution in [-0.4, -0.2) is 57.7 Å². The molecular weight excluding hydrogens is 404 g/mol. The summed E-state index contributed by atoms with van der Waals surface area (Å²) in [7, 11) is -0.870. The zero-order valence-corrected chi connectivity index (χ0v) is 21.6. The number of hydrogen-bond donors (Lipinski definition) is 2. The van der Waals surface area contributed by atoms with Gasteiger partial charge in [0.05, 0.1) is 13.7 Å². The number of rotatable bonds is 9. The Labute approximate surface area is 182 Å². The molecule has 0 aliphatic heterocycles. The molecule has 2 atom stereocenters. The molecule has 9 heteroatoms. The molecule has 8 nitrogen and oxygen atoms in total. The number of hydrogen-bond acceptors (Lipinski definition) is 6. The van der Waals surface area contributed by atoms with Crippen molar-refractivity contribution in [2.24, 2.45) is 5.92 Å². The standard InChI is InChI=1S/C21H42N2O6Si/c1-14(2)12-15(23-19(26)29-20(3,4)5)17(24)22-16(18(25)27-9)13-28-30(10,11)21(6,7)8/h14-16H,12-13H2,1-11H3,(H,22,24)(H,23,26)/t15-,16-/m0/s1. The number of alkyl carbamates (subject to hydrolysis) is 1. The van der Waals surface area contributed by atoms with Gasteiger partial charge in [-0.3, -0.25) is 4.79 Å². The van der Waals surface area contributed by atoms with E-state index in [4.69, 9.17) is 13.9 Å². The lowest BCUT2D eigenvalue weighted by molar-refractivity contribution is -0.146. The number of amides is 2. The van der Waals surface area contributed by atoms with Crippen LogP contribution in [0.2, 0.25) is 18.1 Å². The monoisotopic (exact) mass is 446 g/mol. The molecule has 0 saturated heterocycles. The first kappa shape index (κ1) is 28.4. The molecule has 0 unspecified atom stereocenters. The number of carbonyl (C=O) groups excluding carboxylic acids is 3. The summed E-state index contributed by atoms with van der Waals surface area (Å²) in [5, 5.41) is 5.24. The molecule has 0 aromatic carbocycles. The lowest BCUT2D eigenvalue weighted by Gasteiger charge is -2.37. The number of methoxy groups -OCH3 is 1. The van der Waals surface area contributed by atoms with E-state index < -0.39 is 44.0 Å². The Kier molecular flexibility index (Phi) is 10.5. The van der Waals surface area contributed by atoms with Crippen LogP contribution in [-0.2, 0) is 23.5 Å². The van der Waals surface area contributed by atoms with Gasteiger partial charge in [0, 0.05) is 0 Å². The summed E-state index contributed by atoms with van der Waals surface area (Å²) >= 11 is 0. The third-order valence-electron chi connectivity index (χ3n) is 4.93. The predicted molar refractivity (Wildman–Crippen MR) is 120 cm³/mol. The first-order valence-corrected chi connectivity index (χ1v) is 13.3. The normalized spacial score (nSPS) is 14.7. The van der Waals surface area contributed by atoms with Gasteiger partial charge in [-0.15, -0.1) is 0 Å². The van der Waals surface area contributed by atoms with Crippen LogP contribution in [0.4, 0.5) is 4.79 Å². The van der Waals surface area contributed by atoms with Gasteiger partial charge in [0.2, 0.25) is 5.91 Å². The minimum atomic E-state index is -2.13. The van der Waals surface area contributed by atoms with Gasteiger partial charge in [-0.2, -0.15) is 0 Å². The van der Waals surface area contributed by atoms with Crippen molar-refractivity contribution >= 4 is 26.3 Å². The van der Waals surface area contributed by atoms with Crippen molar-refractivity contribution in [2.45, 2.75) is 97.6 Å². The van der Waals surface area contributed by atoms with Gasteiger partial charge in [-0.25, -0.2) is 9.59 Å². The fourth-order valence-corrected chi connectivity index (χ4v) is 3.26. The second-order valence-electron chi connectivity index (χ2n) is 10.5. The van der Waals surface area contributed by atoms with Crippen LogP contribution in [0.25, 0.3) is 0 Å². The highest BCUT2D eigenvalue weighted by Gasteiger charge is 2.39. The molecule has 2 amide bonds. The predicted octanol–water partition coefficient (Wildman–Crippen LogP) is 3.61. The zero-order chi connectivity index (χ0) is 23.9. The molecule has 2 N–H and O–H groups in total. The topological polar surface area (TPSA) is 103 Å². The minimum absolute atomic E-state index is 0.00966. The summed E-state index contributed by atoms with van der Waals surface area (Å²) in [6.07, 6.45) is -0.294. The molecule has 0 bridgehead atoms. The Balaban J connectivity index is 5.33. The summed E-state index contributed by atoms with van der Waals surface area (Å²) in [6.45, 7) is 19.5. The average molecular weight is 447 g/mol. The maximum Gasteiger partial charge on any atom is 0.408 e. The minimum Gasteiger partial charge on any atom is -0.467 e. The zero-order valence-electron chi connectivity index (χ0n) is 20.6. The highest BCUT2D eigenvalue weighted by Crippen LogP contribution is 2.36. The Morgan fingerprint density at radius 1 is 0.933 bits per heavy atom. The molecule has 0 aromatic heterocycles. The second-order valence-corrected chi connectivity index (χ2v) is 15.3. The molecule has 0 fully saturated rings. The smallest absolute Gasteiger partial charge is 0.408 e. The van der Waals surface area contributed by atoms with E-state index >= 15 is 0 Å². The molecule has 0 heterocycles. The van der Waals surface area contributed by atoms with Crippen molar-refractivity contribution in [3.8, 4) is 0 Å². The van der Waals surface area contributed by atoms with E-state index in [0.717, 1.165) is 0 Å². The number of esters is 1. The lowest BCUT2D eigenvalue weighted by atomic mass is 10.0. The number of ether oxygens (including phenoxy) is 2. The van der Waals surface area contributed by atoms with Gasteiger partial charge in [0.1, 0.15) is 17.7 Å². The van der Waals surface area contributed by atoms with E-state index in [1.165, 1.54) is 7.11 Å². The van der Waals surface area contributed by atoms with E-state index in [1.807, 2.05) is 13.8 Å². The van der Waals surface area contributed by atoms with Crippen LogP contribution in [0.1, 0.15) is 61.8 Å². The molecule has 0 radical (unpaired) electrons. The Bertz CT molecular complexity index is 593. The maximum atomic E-state index is 12.9. The van der Waals surface area contributed by atoms with E-state index in [-0.39, 0.29) is 17.6 Å². The van der Waals surface area contributed by atoms with Crippen molar-refractivity contribution in [3.05, 3.63) is 0 Å². The van der Waals surface area contributed by atoms with Crippen LogP contribution >= 0.6 is 0 Å². The lowest BCUT2D eigenvalue weighted by Crippen LogP contribution is -2.55. The molecule has 0 aliphatic carbocycles. The summed E-state index contributed by atoms with van der Waals surface area (Å²) < 4.78 is 16.2. The fourth-order valence-electron chi connectivity index (χ4n) is 2.24. The summed E-state index contributed by atoms with van der Waals surface area (Å²) in [5.41, 5.74) is -0.686. The Hall–Kier alpha value is -1.61. The largest absolute Gasteiger partial charge is 0.467 e. The molecular formula is C21H42N2O6Si. The molecule has 30 heavy (non-hydrogen) atoms. The van der Waals surface area contributed by atoms with Crippen LogP contribution in [0.5, 0.6) is 0 Å². The molecule has 0 rings (SSSR count). The van der Waals surface area contributed by atoms with Crippen molar-refractivity contribution in [1.82, 2.24) is 10.6 Å². The first-order valence-electron chi connectivity index (χ1n) is 10.4. The molecule has 0 spiro atoms. The molecule has 0 aromatic rings. The van der Waals surface area contributed by atoms with Gasteiger partial charge in [0.15, 0.2) is 8.32 Å². The second kappa shape index (κ2) is 11.1. The van der Waals surface area contributed by atoms with Gasteiger partial charge in [0.25, 0.3) is 0 Å². The van der Waals surface area contributed by atoms with Gasteiger partial charge in [-0.1, -0.05) is 34.6 Å². The SMILES string of the molecule is COC(=O)[C@H](CO[Si](C)(C)C(C)(C)C)NC(=O)[C@H](CC(C)C)NC(=O)OC(C)(C)C. The molecule has 176 valence electrons. The first-order chi connectivity index (χ1) is 13.4. The number of nitrogens with one attached hydrogen (secondary N) is 2. The van der Waals surface area contributed by atoms with E-state index in [1.54, 1.807) is 20.8 Å². The average Bonchev–Trinajstić information content (AvgIpc) is 2.53. The Morgan fingerprint density at radius 3 is 1.87 bits per heavy atom. The van der Waals surface area contributed by atoms with E-state index in [9.17, 15) is 14.4 Å². The third-order valence-corrected chi connectivity index (χ3v) is 9.43. The highest BCUT2D eigenvalue weighted by molar-refractivity contribution is 6.74. The van der Waals surface area contributed by atoms with E-state index in [2.05, 4.69) is 44.5 Å². The summed E-state index contributed by atoms with van der Waals surface area (Å²) in [5.74, 6) is -0.942. The molecule has 0 saturated carbocycles. The van der Waals surface area contributed by atoms with Crippen LogP contribution < -0.4 is 10.6 Å². The quantitative estimate of drug-likeness (QED) is 0.414. The van der Waals surface area contributed by atoms with E-state index in [0.29, 0.717) is 6.42 Å². The van der Waals surface area contributed by atoms with Gasteiger partial charge in [-0.05, 0) is 51.2 Å². The van der Waals surface area contributed by atoms with Crippen molar-refractivity contribution < 1.29 is 28.3 Å². The van der Waals surface area contributed by atoms with Crippen molar-refractivity contribution in [2.75, 3.05) is 13.7 Å². The van der Waals surface area contributed by atoms with Crippen molar-refractivity contribution in [3.63, 3.8) is 0 Å². The maximum absolute atomic E-state index is 12.9. The highest BCUT2D eigenvalue weighted by atomic mass is 28.4. The van der Waals surface area contributed by atoms with Crippen molar-refractivity contribution in [1.29, 1.82) is 0 Å². The van der Waals surface area contributed by atoms with Crippen LogP contribution in [0.15, 0.2) is 0 Å². The fraction of sp³-hybridized carbons (Fsp3) is 0.857. The molecule has 0 aliphatic rings. The third kappa shape index (κ3) is 10.4. The van der Waals surface area contributed by atoms with Crippen LogP contribution in [0.3, 0.4) is 0 Å². The van der Waals surface area contributed by atoms with Crippen LogP contribution in [0, 0.1) is 5.92 Å². The summed E-state index contributed by atoms with van der Waals surface area (Å²) in [6, 6.07) is -1.81. The summed E-state index contributed by atoms with van der Waals surface area (Å²) in [4.78, 5) is 37.3. The Morgan fingerprint density at radius 2 is 1.47 bits per heavy atom. The van der Waals surface area contributed by atoms with Gasteiger partial charge < -0.3 is 24.5 Å². The number of carbonyl (C=O) groups is 3. The van der Waals surface area contributed by atoms with Gasteiger partial charge >= 0.3 is 12.1 Å².